The summed E-state index contributed by atoms with van der Waals surface area (Å²) in [5, 5.41) is 0. The summed E-state index contributed by atoms with van der Waals surface area (Å²) >= 11 is 6.47. The first-order chi connectivity index (χ1) is 7.58. The van der Waals surface area contributed by atoms with Gasteiger partial charge in [0.05, 0.1) is 0 Å². The van der Waals surface area contributed by atoms with Gasteiger partial charge in [0.25, 0.3) is 0 Å². The van der Waals surface area contributed by atoms with Crippen LogP contribution in [0.1, 0.15) is 0 Å². The van der Waals surface area contributed by atoms with Crippen LogP contribution in [0.3, 0.4) is 0 Å². The molecular weight excluding hydrogens is 342 g/mol. The molecule has 2 aromatic rings. The fraction of sp³-hybridized carbons (Fsp3) is 0. The van der Waals surface area contributed by atoms with Crippen LogP contribution < -0.4 is 0 Å². The number of halogens is 4. The minimum absolute atomic E-state index is 0.244. The van der Waals surface area contributed by atoms with Gasteiger partial charge in [0.15, 0.2) is 0 Å². The Kier molecular flexibility index (Phi) is 3.40. The van der Waals surface area contributed by atoms with Crippen LogP contribution in [0.15, 0.2) is 45.3 Å². The second-order valence-corrected chi connectivity index (χ2v) is 5.08. The molecule has 2 aromatic carbocycles. The highest BCUT2D eigenvalue weighted by molar-refractivity contribution is 9.10. The van der Waals surface area contributed by atoms with Gasteiger partial charge < -0.3 is 0 Å². The maximum absolute atomic E-state index is 13.6. The van der Waals surface area contributed by atoms with Crippen molar-refractivity contribution in [3.8, 4) is 11.1 Å². The summed E-state index contributed by atoms with van der Waals surface area (Å²) in [6, 6.07) is 8.88. The van der Waals surface area contributed by atoms with E-state index in [1.54, 1.807) is 24.3 Å². The maximum Gasteiger partial charge on any atom is 0.131 e. The molecule has 0 bridgehead atoms. The van der Waals surface area contributed by atoms with Crippen molar-refractivity contribution < 1.29 is 8.78 Å². The first kappa shape index (κ1) is 11.7. The molecule has 0 aliphatic heterocycles. The lowest BCUT2D eigenvalue weighted by molar-refractivity contribution is 0.616. The Morgan fingerprint density at radius 2 is 1.06 bits per heavy atom. The Morgan fingerprint density at radius 3 is 1.44 bits per heavy atom. The first-order valence-corrected chi connectivity index (χ1v) is 6.07. The van der Waals surface area contributed by atoms with Gasteiger partial charge in [0.2, 0.25) is 0 Å². The average molecular weight is 348 g/mol. The summed E-state index contributed by atoms with van der Waals surface area (Å²) in [5.74, 6) is -0.889. The van der Waals surface area contributed by atoms with Crippen LogP contribution in [0.5, 0.6) is 0 Å². The van der Waals surface area contributed by atoms with Crippen molar-refractivity contribution >= 4 is 31.9 Å². The molecule has 0 N–H and O–H groups in total. The predicted molar refractivity (Wildman–Crippen MR) is 67.2 cm³/mol. The lowest BCUT2D eigenvalue weighted by Crippen LogP contribution is -1.88. The van der Waals surface area contributed by atoms with Gasteiger partial charge in [-0.2, -0.15) is 0 Å². The van der Waals surface area contributed by atoms with Gasteiger partial charge in [-0.3, -0.25) is 0 Å². The Hall–Kier alpha value is -0.740. The quantitative estimate of drug-likeness (QED) is 0.668. The van der Waals surface area contributed by atoms with Crippen LogP contribution in [0.2, 0.25) is 0 Å². The zero-order valence-electron chi connectivity index (χ0n) is 7.98. The molecule has 0 radical (unpaired) electrons. The topological polar surface area (TPSA) is 0 Å². The van der Waals surface area contributed by atoms with Gasteiger partial charge in [-0.25, -0.2) is 8.78 Å². The van der Waals surface area contributed by atoms with Crippen molar-refractivity contribution in [2.45, 2.75) is 0 Å². The van der Waals surface area contributed by atoms with Gasteiger partial charge in [-0.15, -0.1) is 0 Å². The maximum atomic E-state index is 13.6. The van der Waals surface area contributed by atoms with E-state index in [1.165, 1.54) is 12.1 Å². The summed E-state index contributed by atoms with van der Waals surface area (Å²) in [4.78, 5) is 0. The molecule has 82 valence electrons. The number of hydrogen-bond acceptors (Lipinski definition) is 0. The molecule has 0 aliphatic carbocycles. The highest BCUT2D eigenvalue weighted by Crippen LogP contribution is 2.30. The molecule has 0 atom stereocenters. The van der Waals surface area contributed by atoms with Crippen molar-refractivity contribution in [1.29, 1.82) is 0 Å². The van der Waals surface area contributed by atoms with Gasteiger partial charge >= 0.3 is 0 Å². The van der Waals surface area contributed by atoms with Crippen LogP contribution in [0.25, 0.3) is 11.1 Å². The van der Waals surface area contributed by atoms with Crippen molar-refractivity contribution in [1.82, 2.24) is 0 Å². The largest absolute Gasteiger partial charge is 0.206 e. The Bertz CT molecular complexity index is 489. The average Bonchev–Trinajstić information content (AvgIpc) is 2.25. The molecule has 0 spiro atoms. The molecule has 2 rings (SSSR count). The van der Waals surface area contributed by atoms with E-state index in [0.29, 0.717) is 8.95 Å². The summed E-state index contributed by atoms with van der Waals surface area (Å²) in [7, 11) is 0. The number of hydrogen-bond donors (Lipinski definition) is 0. The van der Waals surface area contributed by atoms with E-state index in [-0.39, 0.29) is 11.1 Å². The van der Waals surface area contributed by atoms with Crippen LogP contribution in [0, 0.1) is 11.6 Å². The van der Waals surface area contributed by atoms with E-state index in [4.69, 9.17) is 0 Å². The van der Waals surface area contributed by atoms with E-state index >= 15 is 0 Å². The first-order valence-electron chi connectivity index (χ1n) is 4.48. The van der Waals surface area contributed by atoms with Crippen molar-refractivity contribution in [3.05, 3.63) is 57.0 Å². The highest BCUT2D eigenvalue weighted by Gasteiger charge is 2.10. The van der Waals surface area contributed by atoms with E-state index in [0.717, 1.165) is 0 Å². The summed E-state index contributed by atoms with van der Waals surface area (Å²) in [5.41, 5.74) is 0.487. The molecule has 16 heavy (non-hydrogen) atoms. The van der Waals surface area contributed by atoms with E-state index in [1.807, 2.05) is 0 Å². The fourth-order valence-corrected chi connectivity index (χ4v) is 2.13. The van der Waals surface area contributed by atoms with E-state index < -0.39 is 11.6 Å². The minimum Gasteiger partial charge on any atom is -0.206 e. The van der Waals surface area contributed by atoms with E-state index in [2.05, 4.69) is 31.9 Å². The fourth-order valence-electron chi connectivity index (χ4n) is 1.41. The van der Waals surface area contributed by atoms with Crippen LogP contribution in [-0.2, 0) is 0 Å². The molecule has 0 fully saturated rings. The SMILES string of the molecule is Fc1ccc(Br)cc1-c1cc(Br)ccc1F. The highest BCUT2D eigenvalue weighted by atomic mass is 79.9. The minimum atomic E-state index is -0.444. The summed E-state index contributed by atoms with van der Waals surface area (Å²) < 4.78 is 28.6. The molecular formula is C12H6Br2F2. The smallest absolute Gasteiger partial charge is 0.131 e. The monoisotopic (exact) mass is 346 g/mol. The Morgan fingerprint density at radius 1 is 0.688 bits per heavy atom. The molecule has 0 aliphatic rings. The van der Waals surface area contributed by atoms with Crippen LogP contribution >= 0.6 is 31.9 Å². The molecule has 0 amide bonds. The summed E-state index contributed by atoms with van der Waals surface area (Å²) in [6.45, 7) is 0. The van der Waals surface area contributed by atoms with Gasteiger partial charge in [0.1, 0.15) is 11.6 Å². The molecule has 0 aromatic heterocycles. The predicted octanol–water partition coefficient (Wildman–Crippen LogP) is 5.16. The molecule has 0 nitrogen and oxygen atoms in total. The number of rotatable bonds is 1. The molecule has 0 saturated carbocycles. The van der Waals surface area contributed by atoms with Gasteiger partial charge in [0, 0.05) is 20.1 Å². The van der Waals surface area contributed by atoms with Crippen molar-refractivity contribution in [2.75, 3.05) is 0 Å². The third-order valence-corrected chi connectivity index (χ3v) is 3.13. The van der Waals surface area contributed by atoms with Crippen LogP contribution in [-0.4, -0.2) is 0 Å². The Labute approximate surface area is 109 Å². The Balaban J connectivity index is 2.66. The normalized spacial score (nSPS) is 10.5. The molecule has 0 saturated heterocycles. The van der Waals surface area contributed by atoms with E-state index in [9.17, 15) is 8.78 Å². The molecule has 4 heteroatoms. The lowest BCUT2D eigenvalue weighted by atomic mass is 10.0. The molecule has 0 unspecified atom stereocenters. The third kappa shape index (κ3) is 2.33. The zero-order chi connectivity index (χ0) is 11.7. The van der Waals surface area contributed by atoms with Crippen molar-refractivity contribution in [2.24, 2.45) is 0 Å². The van der Waals surface area contributed by atoms with Gasteiger partial charge in [-0.05, 0) is 36.4 Å². The second-order valence-electron chi connectivity index (χ2n) is 3.25. The lowest BCUT2D eigenvalue weighted by Gasteiger charge is -2.06. The van der Waals surface area contributed by atoms with Crippen molar-refractivity contribution in [3.63, 3.8) is 0 Å². The van der Waals surface area contributed by atoms with Crippen LogP contribution in [0.4, 0.5) is 8.78 Å². The second kappa shape index (κ2) is 4.63. The number of benzene rings is 2. The third-order valence-electron chi connectivity index (χ3n) is 2.15. The molecule has 0 heterocycles. The zero-order valence-corrected chi connectivity index (χ0v) is 11.1. The standard InChI is InChI=1S/C12H6Br2F2/c13-7-1-3-11(15)9(5-7)10-6-8(14)2-4-12(10)16/h1-6H. The van der Waals surface area contributed by atoms with Gasteiger partial charge in [-0.1, -0.05) is 31.9 Å². The summed E-state index contributed by atoms with van der Waals surface area (Å²) in [6.07, 6.45) is 0.